The minimum atomic E-state index is -0.0190. The number of hydrogen-bond donors (Lipinski definition) is 2. The molecule has 0 aromatic carbocycles. The molecular formula is C22H36N4O2. The summed E-state index contributed by atoms with van der Waals surface area (Å²) in [7, 11) is 0. The van der Waals surface area contributed by atoms with E-state index in [0.29, 0.717) is 36.2 Å². The number of carbonyl (C=O) groups is 1. The highest BCUT2D eigenvalue weighted by Crippen LogP contribution is 2.65. The first kappa shape index (κ1) is 19.7. The Labute approximate surface area is 168 Å². The second-order valence-electron chi connectivity index (χ2n) is 10.1. The Hall–Kier alpha value is -1.59. The molecule has 0 spiro atoms. The van der Waals surface area contributed by atoms with Crippen LogP contribution in [0.3, 0.4) is 0 Å². The SMILES string of the molecule is C[C@]12CC/C(=N/OCCN=C(N)N)CC1CCC1C2CC[C@]2(C)C(=O)CCC12. The Bertz CT molecular complexity index is 686. The van der Waals surface area contributed by atoms with Crippen molar-refractivity contribution < 1.29 is 9.63 Å². The van der Waals surface area contributed by atoms with Crippen LogP contribution in [0.1, 0.15) is 71.6 Å². The number of guanidine groups is 1. The molecule has 156 valence electrons. The lowest BCUT2D eigenvalue weighted by Crippen LogP contribution is -2.53. The molecule has 4 unspecified atom stereocenters. The quantitative estimate of drug-likeness (QED) is 0.334. The van der Waals surface area contributed by atoms with Crippen molar-refractivity contribution in [3.8, 4) is 0 Å². The highest BCUT2D eigenvalue weighted by molar-refractivity contribution is 5.87. The van der Waals surface area contributed by atoms with Gasteiger partial charge in [0, 0.05) is 11.8 Å². The smallest absolute Gasteiger partial charge is 0.186 e. The van der Waals surface area contributed by atoms with E-state index >= 15 is 0 Å². The largest absolute Gasteiger partial charge is 0.394 e. The van der Waals surface area contributed by atoms with Gasteiger partial charge in [0.15, 0.2) is 5.96 Å². The van der Waals surface area contributed by atoms with Gasteiger partial charge >= 0.3 is 0 Å². The molecule has 0 aromatic heterocycles. The fourth-order valence-electron chi connectivity index (χ4n) is 7.27. The van der Waals surface area contributed by atoms with E-state index in [0.717, 1.165) is 43.9 Å². The third-order valence-corrected chi connectivity index (χ3v) is 8.88. The number of fused-ring (bicyclic) bond motifs is 5. The number of oxime groups is 1. The molecule has 4 aliphatic rings. The van der Waals surface area contributed by atoms with Crippen molar-refractivity contribution in [3.63, 3.8) is 0 Å². The van der Waals surface area contributed by atoms with Crippen molar-refractivity contribution in [2.75, 3.05) is 13.2 Å². The Kier molecular flexibility index (Phi) is 5.17. The van der Waals surface area contributed by atoms with Crippen molar-refractivity contribution in [2.45, 2.75) is 71.6 Å². The molecule has 4 aliphatic carbocycles. The van der Waals surface area contributed by atoms with Crippen LogP contribution in [0, 0.1) is 34.5 Å². The maximum absolute atomic E-state index is 12.5. The molecule has 4 rings (SSSR count). The number of nitrogens with two attached hydrogens (primary N) is 2. The molecule has 0 saturated heterocycles. The predicted molar refractivity (Wildman–Crippen MR) is 111 cm³/mol. The van der Waals surface area contributed by atoms with E-state index in [9.17, 15) is 4.79 Å². The lowest BCUT2D eigenvalue weighted by Gasteiger charge is -2.59. The third kappa shape index (κ3) is 3.22. The van der Waals surface area contributed by atoms with Gasteiger partial charge in [0.2, 0.25) is 0 Å². The van der Waals surface area contributed by atoms with Crippen LogP contribution in [0.2, 0.25) is 0 Å². The zero-order valence-corrected chi connectivity index (χ0v) is 17.5. The number of Topliss-reactive ketones (excluding diaryl/α,β-unsaturated/α-hetero) is 1. The van der Waals surface area contributed by atoms with Gasteiger partial charge in [-0.25, -0.2) is 4.99 Å². The van der Waals surface area contributed by atoms with Crippen LogP contribution >= 0.6 is 0 Å². The molecular weight excluding hydrogens is 352 g/mol. The third-order valence-electron chi connectivity index (χ3n) is 8.88. The number of carbonyl (C=O) groups excluding carboxylic acids is 1. The van der Waals surface area contributed by atoms with Crippen molar-refractivity contribution in [1.82, 2.24) is 0 Å². The monoisotopic (exact) mass is 388 g/mol. The molecule has 0 aromatic rings. The predicted octanol–water partition coefficient (Wildman–Crippen LogP) is 3.24. The normalized spacial score (nSPS) is 43.8. The van der Waals surface area contributed by atoms with Crippen LogP contribution in [0.25, 0.3) is 0 Å². The number of aliphatic imine (C=N–C) groups is 1. The number of nitrogens with zero attached hydrogens (tertiary/aromatic N) is 2. The van der Waals surface area contributed by atoms with Crippen LogP contribution < -0.4 is 11.5 Å². The Morgan fingerprint density at radius 3 is 2.71 bits per heavy atom. The molecule has 6 nitrogen and oxygen atoms in total. The van der Waals surface area contributed by atoms with Crippen LogP contribution in [0.15, 0.2) is 10.1 Å². The van der Waals surface area contributed by atoms with E-state index in [4.69, 9.17) is 16.3 Å². The van der Waals surface area contributed by atoms with Crippen molar-refractivity contribution in [3.05, 3.63) is 0 Å². The highest BCUT2D eigenvalue weighted by Gasteiger charge is 2.60. The summed E-state index contributed by atoms with van der Waals surface area (Å²) in [6, 6.07) is 0. The molecule has 4 N–H and O–H groups in total. The molecule has 0 aliphatic heterocycles. The first-order valence-electron chi connectivity index (χ1n) is 11.1. The fraction of sp³-hybridized carbons (Fsp3) is 0.864. The van der Waals surface area contributed by atoms with E-state index < -0.39 is 0 Å². The fourth-order valence-corrected chi connectivity index (χ4v) is 7.27. The first-order valence-corrected chi connectivity index (χ1v) is 11.1. The van der Waals surface area contributed by atoms with Crippen LogP contribution in [0.4, 0.5) is 0 Å². The highest BCUT2D eigenvalue weighted by atomic mass is 16.6. The molecule has 6 heteroatoms. The van der Waals surface area contributed by atoms with E-state index in [1.54, 1.807) is 0 Å². The van der Waals surface area contributed by atoms with Crippen molar-refractivity contribution in [1.29, 1.82) is 0 Å². The van der Waals surface area contributed by atoms with E-state index in [2.05, 4.69) is 24.0 Å². The second kappa shape index (κ2) is 7.34. The Balaban J connectivity index is 1.41. The van der Waals surface area contributed by atoms with Crippen LogP contribution in [0.5, 0.6) is 0 Å². The zero-order chi connectivity index (χ0) is 19.9. The van der Waals surface area contributed by atoms with Gasteiger partial charge < -0.3 is 16.3 Å². The molecule has 6 atom stereocenters. The van der Waals surface area contributed by atoms with Gasteiger partial charge in [-0.1, -0.05) is 19.0 Å². The van der Waals surface area contributed by atoms with E-state index in [1.165, 1.54) is 31.4 Å². The average Bonchev–Trinajstić information content (AvgIpc) is 2.96. The molecule has 0 amide bonds. The first-order chi connectivity index (χ1) is 13.3. The van der Waals surface area contributed by atoms with E-state index in [-0.39, 0.29) is 11.4 Å². The molecule has 0 bridgehead atoms. The van der Waals surface area contributed by atoms with Gasteiger partial charge in [-0.05, 0) is 80.5 Å². The molecule has 4 fully saturated rings. The minimum absolute atomic E-state index is 0.0190. The topological polar surface area (TPSA) is 103 Å². The summed E-state index contributed by atoms with van der Waals surface area (Å²) in [6.07, 6.45) is 10.1. The van der Waals surface area contributed by atoms with Crippen LogP contribution in [-0.2, 0) is 9.63 Å². The van der Waals surface area contributed by atoms with Gasteiger partial charge in [0.05, 0.1) is 12.3 Å². The maximum atomic E-state index is 12.5. The summed E-state index contributed by atoms with van der Waals surface area (Å²) in [5, 5.41) is 4.40. The Morgan fingerprint density at radius 2 is 1.93 bits per heavy atom. The molecule has 0 heterocycles. The summed E-state index contributed by atoms with van der Waals surface area (Å²) in [5.41, 5.74) is 12.2. The van der Waals surface area contributed by atoms with E-state index in [1.807, 2.05) is 0 Å². The van der Waals surface area contributed by atoms with Gasteiger partial charge in [-0.3, -0.25) is 4.79 Å². The summed E-state index contributed by atoms with van der Waals surface area (Å²) in [6.45, 7) is 5.67. The average molecular weight is 389 g/mol. The second-order valence-corrected chi connectivity index (χ2v) is 10.1. The van der Waals surface area contributed by atoms with Gasteiger partial charge in [-0.15, -0.1) is 0 Å². The summed E-state index contributed by atoms with van der Waals surface area (Å²) >= 11 is 0. The molecule has 0 radical (unpaired) electrons. The number of rotatable bonds is 4. The van der Waals surface area contributed by atoms with Crippen molar-refractivity contribution in [2.24, 2.45) is 56.1 Å². The maximum Gasteiger partial charge on any atom is 0.186 e. The Morgan fingerprint density at radius 1 is 1.11 bits per heavy atom. The number of hydrogen-bond acceptors (Lipinski definition) is 4. The summed E-state index contributed by atoms with van der Waals surface area (Å²) in [4.78, 5) is 21.9. The van der Waals surface area contributed by atoms with Crippen LogP contribution in [-0.4, -0.2) is 30.6 Å². The standard InChI is InChI=1S/C22H36N4O2/c1-21-9-7-15(26-28-12-11-25-20(23)24)13-14(21)3-4-16-17-5-6-19(27)22(17,2)10-8-18(16)21/h14,16-18H,3-13H2,1-2H3,(H4,23,24,25)/b26-15-/t14?,16?,17?,18?,21-,22-/m0/s1. The number of ketones is 1. The van der Waals surface area contributed by atoms with Crippen molar-refractivity contribution >= 4 is 17.5 Å². The lowest BCUT2D eigenvalue weighted by atomic mass is 9.45. The summed E-state index contributed by atoms with van der Waals surface area (Å²) in [5.74, 6) is 3.49. The van der Waals surface area contributed by atoms with Gasteiger partial charge in [-0.2, -0.15) is 0 Å². The molecule has 4 saturated carbocycles. The summed E-state index contributed by atoms with van der Waals surface area (Å²) < 4.78 is 0. The zero-order valence-electron chi connectivity index (χ0n) is 17.5. The molecule has 28 heavy (non-hydrogen) atoms. The van der Waals surface area contributed by atoms with Gasteiger partial charge in [0.25, 0.3) is 0 Å². The van der Waals surface area contributed by atoms with Gasteiger partial charge in [0.1, 0.15) is 12.4 Å². The minimum Gasteiger partial charge on any atom is -0.394 e. The lowest BCUT2D eigenvalue weighted by molar-refractivity contribution is -0.137.